The lowest BCUT2D eigenvalue weighted by atomic mass is 9.89. The van der Waals surface area contributed by atoms with Gasteiger partial charge in [0.05, 0.1) is 5.54 Å². The first kappa shape index (κ1) is 16.8. The van der Waals surface area contributed by atoms with Crippen LogP contribution in [0, 0.1) is 0 Å². The lowest BCUT2D eigenvalue weighted by Gasteiger charge is -2.26. The lowest BCUT2D eigenvalue weighted by Crippen LogP contribution is -2.25. The molecule has 0 amide bonds. The number of amidine groups is 1. The van der Waals surface area contributed by atoms with E-state index in [-0.39, 0.29) is 5.54 Å². The van der Waals surface area contributed by atoms with Gasteiger partial charge in [-0.3, -0.25) is 4.99 Å². The number of nitrogens with zero attached hydrogens (tertiary/aromatic N) is 1. The first-order valence-corrected chi connectivity index (χ1v) is 8.19. The van der Waals surface area contributed by atoms with Crippen LogP contribution >= 0.6 is 11.8 Å². The van der Waals surface area contributed by atoms with Crippen molar-refractivity contribution in [1.29, 1.82) is 0 Å². The number of hydrogen-bond donors (Lipinski definition) is 1. The van der Waals surface area contributed by atoms with Crippen molar-refractivity contribution in [2.45, 2.75) is 77.7 Å². The molecule has 2 nitrogen and oxygen atoms in total. The van der Waals surface area contributed by atoms with Crippen molar-refractivity contribution in [1.82, 2.24) is 0 Å². The third kappa shape index (κ3) is 8.53. The summed E-state index contributed by atoms with van der Waals surface area (Å²) in [6.45, 7) is 6.75. The molecule has 0 bridgehead atoms. The van der Waals surface area contributed by atoms with Crippen LogP contribution in [-0.2, 0) is 0 Å². The second kappa shape index (κ2) is 9.81. The van der Waals surface area contributed by atoms with E-state index in [9.17, 15) is 0 Å². The van der Waals surface area contributed by atoms with Crippen LogP contribution in [0.1, 0.15) is 72.1 Å². The highest BCUT2D eigenvalue weighted by molar-refractivity contribution is 8.13. The van der Waals surface area contributed by atoms with Crippen molar-refractivity contribution in [3.05, 3.63) is 0 Å². The monoisotopic (exact) mass is 258 g/mol. The van der Waals surface area contributed by atoms with Gasteiger partial charge >= 0.3 is 0 Å². The molecule has 102 valence electrons. The molecule has 0 saturated carbocycles. The highest BCUT2D eigenvalue weighted by Crippen LogP contribution is 2.27. The molecule has 0 spiro atoms. The summed E-state index contributed by atoms with van der Waals surface area (Å²) in [5.74, 6) is 0. The Kier molecular flexibility index (Phi) is 9.71. The third-order valence-corrected chi connectivity index (χ3v) is 3.74. The van der Waals surface area contributed by atoms with Gasteiger partial charge in [0, 0.05) is 0 Å². The molecular weight excluding hydrogens is 228 g/mol. The van der Waals surface area contributed by atoms with Crippen molar-refractivity contribution < 1.29 is 0 Å². The summed E-state index contributed by atoms with van der Waals surface area (Å²) in [6, 6.07) is 0. The van der Waals surface area contributed by atoms with E-state index in [1.807, 2.05) is 6.26 Å². The minimum atomic E-state index is 0.0669. The van der Waals surface area contributed by atoms with Crippen LogP contribution in [0.25, 0.3) is 0 Å². The zero-order chi connectivity index (χ0) is 13.1. The Morgan fingerprint density at radius 3 is 1.88 bits per heavy atom. The molecule has 17 heavy (non-hydrogen) atoms. The van der Waals surface area contributed by atoms with E-state index in [2.05, 4.69) is 20.8 Å². The van der Waals surface area contributed by atoms with Crippen molar-refractivity contribution in [2.75, 3.05) is 6.26 Å². The third-order valence-electron chi connectivity index (χ3n) is 3.23. The van der Waals surface area contributed by atoms with Gasteiger partial charge in [0.1, 0.15) is 0 Å². The van der Waals surface area contributed by atoms with Gasteiger partial charge in [0.2, 0.25) is 0 Å². The predicted octanol–water partition coefficient (Wildman–Crippen LogP) is 4.58. The standard InChI is InChI=1S/C14H30N2S/c1-5-7-9-11-14(3,12-10-8-6-2)16-13(15)17-4/h5-12H2,1-4H3,(H2,15,16). The fourth-order valence-electron chi connectivity index (χ4n) is 2.06. The summed E-state index contributed by atoms with van der Waals surface area (Å²) in [5.41, 5.74) is 5.95. The van der Waals surface area contributed by atoms with E-state index >= 15 is 0 Å². The van der Waals surface area contributed by atoms with Gasteiger partial charge in [-0.05, 0) is 26.0 Å². The van der Waals surface area contributed by atoms with Gasteiger partial charge in [-0.1, -0.05) is 64.1 Å². The molecule has 0 saturated heterocycles. The van der Waals surface area contributed by atoms with E-state index in [0.29, 0.717) is 0 Å². The van der Waals surface area contributed by atoms with Crippen molar-refractivity contribution in [3.8, 4) is 0 Å². The van der Waals surface area contributed by atoms with Crippen molar-refractivity contribution >= 4 is 16.9 Å². The Bertz CT molecular complexity index is 204. The van der Waals surface area contributed by atoms with Gasteiger partial charge in [0.25, 0.3) is 0 Å². The van der Waals surface area contributed by atoms with Crippen molar-refractivity contribution in [2.24, 2.45) is 10.7 Å². The van der Waals surface area contributed by atoms with Gasteiger partial charge in [0.15, 0.2) is 5.17 Å². The zero-order valence-corrected chi connectivity index (χ0v) is 12.9. The normalized spacial score (nSPS) is 13.1. The highest BCUT2D eigenvalue weighted by atomic mass is 32.2. The average Bonchev–Trinajstić information content (AvgIpc) is 2.29. The van der Waals surface area contributed by atoms with Crippen LogP contribution in [0.3, 0.4) is 0 Å². The highest BCUT2D eigenvalue weighted by Gasteiger charge is 2.22. The molecule has 0 rings (SSSR count). The minimum absolute atomic E-state index is 0.0669. The molecule has 0 aliphatic rings. The number of aliphatic imine (C=N–C) groups is 1. The number of unbranched alkanes of at least 4 members (excludes halogenated alkanes) is 4. The molecule has 0 atom stereocenters. The SMILES string of the molecule is CCCCCC(C)(CCCCC)N=C(N)SC. The summed E-state index contributed by atoms with van der Waals surface area (Å²) in [4.78, 5) is 4.73. The molecule has 0 heterocycles. The molecule has 0 aromatic carbocycles. The summed E-state index contributed by atoms with van der Waals surface area (Å²) < 4.78 is 0. The van der Waals surface area contributed by atoms with E-state index in [1.165, 1.54) is 51.4 Å². The fraction of sp³-hybridized carbons (Fsp3) is 0.929. The first-order valence-electron chi connectivity index (χ1n) is 6.97. The molecule has 2 N–H and O–H groups in total. The Labute approximate surface area is 112 Å². The van der Waals surface area contributed by atoms with Crippen molar-refractivity contribution in [3.63, 3.8) is 0 Å². The predicted molar refractivity (Wildman–Crippen MR) is 81.8 cm³/mol. The molecule has 0 aromatic heterocycles. The van der Waals surface area contributed by atoms with Gasteiger partial charge in [-0.25, -0.2) is 0 Å². The number of nitrogens with two attached hydrogens (primary N) is 1. The Balaban J connectivity index is 4.34. The van der Waals surface area contributed by atoms with Crippen LogP contribution in [0.15, 0.2) is 4.99 Å². The summed E-state index contributed by atoms with van der Waals surface area (Å²) in [6.07, 6.45) is 12.0. The molecule has 0 aliphatic heterocycles. The second-order valence-electron chi connectivity index (χ2n) is 5.07. The molecule has 0 aliphatic carbocycles. The van der Waals surface area contributed by atoms with Crippen LogP contribution < -0.4 is 5.73 Å². The maximum atomic E-state index is 5.88. The lowest BCUT2D eigenvalue weighted by molar-refractivity contribution is 0.372. The van der Waals surface area contributed by atoms with Gasteiger partial charge in [-0.15, -0.1) is 0 Å². The summed E-state index contributed by atoms with van der Waals surface area (Å²) in [5, 5.41) is 0.737. The smallest absolute Gasteiger partial charge is 0.154 e. The number of thioether (sulfide) groups is 1. The summed E-state index contributed by atoms with van der Waals surface area (Å²) >= 11 is 1.56. The zero-order valence-electron chi connectivity index (χ0n) is 12.1. The Hall–Kier alpha value is -0.180. The summed E-state index contributed by atoms with van der Waals surface area (Å²) in [7, 11) is 0. The minimum Gasteiger partial charge on any atom is -0.379 e. The quantitative estimate of drug-likeness (QED) is 0.373. The van der Waals surface area contributed by atoms with E-state index in [1.54, 1.807) is 11.8 Å². The van der Waals surface area contributed by atoms with Gasteiger partial charge in [-0.2, -0.15) is 0 Å². The fourth-order valence-corrected chi connectivity index (χ4v) is 2.37. The topological polar surface area (TPSA) is 38.4 Å². The molecule has 0 radical (unpaired) electrons. The molecule has 0 fully saturated rings. The molecule has 0 unspecified atom stereocenters. The number of hydrogen-bond acceptors (Lipinski definition) is 2. The Morgan fingerprint density at radius 1 is 1.06 bits per heavy atom. The van der Waals surface area contributed by atoms with Crippen LogP contribution in [0.2, 0.25) is 0 Å². The van der Waals surface area contributed by atoms with Gasteiger partial charge < -0.3 is 5.73 Å². The second-order valence-corrected chi connectivity index (χ2v) is 5.89. The largest absolute Gasteiger partial charge is 0.379 e. The van der Waals surface area contributed by atoms with Crippen LogP contribution in [0.5, 0.6) is 0 Å². The maximum absolute atomic E-state index is 5.88. The van der Waals surface area contributed by atoms with Crippen LogP contribution in [-0.4, -0.2) is 17.0 Å². The van der Waals surface area contributed by atoms with E-state index in [4.69, 9.17) is 10.7 Å². The maximum Gasteiger partial charge on any atom is 0.154 e. The van der Waals surface area contributed by atoms with Crippen LogP contribution in [0.4, 0.5) is 0 Å². The van der Waals surface area contributed by atoms with E-state index in [0.717, 1.165) is 5.17 Å². The average molecular weight is 258 g/mol. The molecule has 0 aromatic rings. The molecular formula is C14H30N2S. The van der Waals surface area contributed by atoms with E-state index < -0.39 is 0 Å². The number of rotatable bonds is 9. The first-order chi connectivity index (χ1) is 8.08. The Morgan fingerprint density at radius 2 is 1.53 bits per heavy atom. The molecule has 3 heteroatoms.